The van der Waals surface area contributed by atoms with Crippen LogP contribution in [0.15, 0.2) is 29.3 Å². The number of esters is 1. The van der Waals surface area contributed by atoms with E-state index in [2.05, 4.69) is 11.7 Å². The van der Waals surface area contributed by atoms with Crippen molar-refractivity contribution in [2.45, 2.75) is 25.7 Å². The van der Waals surface area contributed by atoms with Crippen LogP contribution in [0.5, 0.6) is 5.75 Å². The van der Waals surface area contributed by atoms with E-state index in [1.807, 2.05) is 0 Å². The molecule has 1 aromatic rings. The van der Waals surface area contributed by atoms with E-state index in [-0.39, 0.29) is 11.7 Å². The van der Waals surface area contributed by atoms with Crippen LogP contribution in [0.3, 0.4) is 0 Å². The van der Waals surface area contributed by atoms with Gasteiger partial charge < -0.3 is 4.74 Å². The van der Waals surface area contributed by atoms with Gasteiger partial charge in [-0.2, -0.15) is 8.78 Å². The van der Waals surface area contributed by atoms with Gasteiger partial charge in [-0.3, -0.25) is 9.79 Å². The van der Waals surface area contributed by atoms with E-state index in [0.717, 1.165) is 18.2 Å². The maximum Gasteiger partial charge on any atom is 0.314 e. The standard InChI is InChI=1S/C16H15F4NO2/c1-21-15-12(17)7-11(8-13(15)18)23-16(22)10-4-2-9(3-5-10)6-14(19)20/h6-10H,1-5H2. The second-order valence-electron chi connectivity index (χ2n) is 5.38. The lowest BCUT2D eigenvalue weighted by molar-refractivity contribution is -0.140. The molecule has 0 saturated heterocycles. The van der Waals surface area contributed by atoms with Gasteiger partial charge in [-0.05, 0) is 44.4 Å². The summed E-state index contributed by atoms with van der Waals surface area (Å²) in [6.45, 7) is 3.05. The first-order valence-electron chi connectivity index (χ1n) is 7.11. The van der Waals surface area contributed by atoms with Crippen LogP contribution < -0.4 is 4.74 Å². The highest BCUT2D eigenvalue weighted by atomic mass is 19.3. The number of ether oxygens (including phenoxy) is 1. The number of carbonyl (C=O) groups excluding carboxylic acids is 1. The van der Waals surface area contributed by atoms with Crippen molar-refractivity contribution in [3.8, 4) is 5.75 Å². The van der Waals surface area contributed by atoms with Crippen LogP contribution in [-0.2, 0) is 4.79 Å². The zero-order valence-electron chi connectivity index (χ0n) is 12.2. The molecule has 0 amide bonds. The predicted molar refractivity (Wildman–Crippen MR) is 76.9 cm³/mol. The fraction of sp³-hybridized carbons (Fsp3) is 0.375. The first-order chi connectivity index (χ1) is 10.9. The number of nitrogens with zero attached hydrogens (tertiary/aromatic N) is 1. The second kappa shape index (κ2) is 7.39. The largest absolute Gasteiger partial charge is 0.426 e. The average Bonchev–Trinajstić information content (AvgIpc) is 2.47. The number of hydrogen-bond acceptors (Lipinski definition) is 3. The molecular weight excluding hydrogens is 314 g/mol. The Hall–Kier alpha value is -2.18. The molecule has 0 aromatic heterocycles. The van der Waals surface area contributed by atoms with Gasteiger partial charge in [-0.25, -0.2) is 8.78 Å². The second-order valence-corrected chi connectivity index (χ2v) is 5.38. The van der Waals surface area contributed by atoms with Crippen LogP contribution >= 0.6 is 0 Å². The van der Waals surface area contributed by atoms with Gasteiger partial charge in [-0.1, -0.05) is 0 Å². The highest BCUT2D eigenvalue weighted by molar-refractivity contribution is 5.75. The summed E-state index contributed by atoms with van der Waals surface area (Å²) in [5, 5.41) is 0. The van der Waals surface area contributed by atoms with E-state index in [9.17, 15) is 22.4 Å². The zero-order valence-corrected chi connectivity index (χ0v) is 12.2. The molecule has 2 rings (SSSR count). The van der Waals surface area contributed by atoms with Crippen LogP contribution in [0.25, 0.3) is 0 Å². The summed E-state index contributed by atoms with van der Waals surface area (Å²) in [7, 11) is 0. The molecule has 3 nitrogen and oxygen atoms in total. The van der Waals surface area contributed by atoms with Crippen molar-refractivity contribution in [2.75, 3.05) is 0 Å². The normalized spacial score (nSPS) is 20.7. The van der Waals surface area contributed by atoms with Crippen molar-refractivity contribution in [2.24, 2.45) is 16.8 Å². The molecule has 1 fully saturated rings. The van der Waals surface area contributed by atoms with E-state index in [0.29, 0.717) is 25.7 Å². The molecule has 1 aliphatic rings. The number of benzene rings is 1. The molecular formula is C16H15F4NO2. The third kappa shape index (κ3) is 4.40. The van der Waals surface area contributed by atoms with Crippen molar-refractivity contribution in [3.05, 3.63) is 35.9 Å². The minimum absolute atomic E-state index is 0.253. The summed E-state index contributed by atoms with van der Waals surface area (Å²) >= 11 is 0. The van der Waals surface area contributed by atoms with Gasteiger partial charge in [0.25, 0.3) is 6.08 Å². The minimum atomic E-state index is -1.72. The number of halogens is 4. The summed E-state index contributed by atoms with van der Waals surface area (Å²) in [6.07, 6.45) is 0.846. The molecule has 23 heavy (non-hydrogen) atoms. The van der Waals surface area contributed by atoms with E-state index in [1.165, 1.54) is 0 Å². The summed E-state index contributed by atoms with van der Waals surface area (Å²) in [6, 6.07) is 1.72. The average molecular weight is 329 g/mol. The quantitative estimate of drug-likeness (QED) is 0.345. The van der Waals surface area contributed by atoms with E-state index < -0.39 is 35.3 Å². The summed E-state index contributed by atoms with van der Waals surface area (Å²) in [5.74, 6) is -3.55. The van der Waals surface area contributed by atoms with Gasteiger partial charge in [0, 0.05) is 12.1 Å². The summed E-state index contributed by atoms with van der Waals surface area (Å²) in [4.78, 5) is 15.2. The molecule has 0 heterocycles. The molecule has 0 aliphatic heterocycles. The number of allylic oxidation sites excluding steroid dienone is 1. The van der Waals surface area contributed by atoms with Gasteiger partial charge >= 0.3 is 5.97 Å². The molecule has 0 atom stereocenters. The molecule has 7 heteroatoms. The lowest BCUT2D eigenvalue weighted by atomic mass is 9.82. The maximum absolute atomic E-state index is 13.5. The summed E-state index contributed by atoms with van der Waals surface area (Å²) < 4.78 is 56.4. The Kier molecular flexibility index (Phi) is 5.52. The Balaban J connectivity index is 1.98. The Bertz CT molecular complexity index is 610. The van der Waals surface area contributed by atoms with Crippen molar-refractivity contribution in [1.82, 2.24) is 0 Å². The van der Waals surface area contributed by atoms with Gasteiger partial charge in [0.15, 0.2) is 11.6 Å². The van der Waals surface area contributed by atoms with Crippen LogP contribution in [-0.4, -0.2) is 12.7 Å². The first-order valence-corrected chi connectivity index (χ1v) is 7.11. The SMILES string of the molecule is C=Nc1c(F)cc(OC(=O)C2CCC(C=C(F)F)CC2)cc1F. The molecule has 0 unspecified atom stereocenters. The topological polar surface area (TPSA) is 38.7 Å². The monoisotopic (exact) mass is 329 g/mol. The Morgan fingerprint density at radius 3 is 2.22 bits per heavy atom. The van der Waals surface area contributed by atoms with E-state index in [1.54, 1.807) is 0 Å². The Morgan fingerprint density at radius 1 is 1.17 bits per heavy atom. The highest BCUT2D eigenvalue weighted by Gasteiger charge is 2.27. The third-order valence-electron chi connectivity index (χ3n) is 3.83. The molecule has 0 N–H and O–H groups in total. The predicted octanol–water partition coefficient (Wildman–Crippen LogP) is 4.79. The van der Waals surface area contributed by atoms with E-state index in [4.69, 9.17) is 4.74 Å². The number of carbonyl (C=O) groups is 1. The van der Waals surface area contributed by atoms with Gasteiger partial charge in [-0.15, -0.1) is 0 Å². The van der Waals surface area contributed by atoms with Crippen LogP contribution in [0.2, 0.25) is 0 Å². The fourth-order valence-corrected chi connectivity index (χ4v) is 2.65. The van der Waals surface area contributed by atoms with Gasteiger partial charge in [0.1, 0.15) is 11.4 Å². The lowest BCUT2D eigenvalue weighted by Crippen LogP contribution is -2.25. The third-order valence-corrected chi connectivity index (χ3v) is 3.83. The molecule has 1 aliphatic carbocycles. The van der Waals surface area contributed by atoms with Crippen LogP contribution in [0.4, 0.5) is 23.2 Å². The minimum Gasteiger partial charge on any atom is -0.426 e. The van der Waals surface area contributed by atoms with Crippen LogP contribution in [0, 0.1) is 23.5 Å². The fourth-order valence-electron chi connectivity index (χ4n) is 2.65. The molecule has 1 saturated carbocycles. The van der Waals surface area contributed by atoms with Crippen molar-refractivity contribution >= 4 is 18.4 Å². The molecule has 1 aromatic carbocycles. The van der Waals surface area contributed by atoms with Crippen molar-refractivity contribution < 1.29 is 27.1 Å². The molecule has 0 bridgehead atoms. The molecule has 0 spiro atoms. The number of aliphatic imine (C=N–C) groups is 1. The smallest absolute Gasteiger partial charge is 0.314 e. The van der Waals surface area contributed by atoms with Crippen molar-refractivity contribution in [3.63, 3.8) is 0 Å². The molecule has 0 radical (unpaired) electrons. The summed E-state index contributed by atoms with van der Waals surface area (Å²) in [5.41, 5.74) is -0.537. The molecule has 124 valence electrons. The first kappa shape index (κ1) is 17.2. The highest BCUT2D eigenvalue weighted by Crippen LogP contribution is 2.32. The zero-order chi connectivity index (χ0) is 17.0. The Labute approximate surface area is 130 Å². The van der Waals surface area contributed by atoms with Gasteiger partial charge in [0.05, 0.1) is 5.92 Å². The Morgan fingerprint density at radius 2 is 1.74 bits per heavy atom. The maximum atomic E-state index is 13.5. The van der Waals surface area contributed by atoms with Crippen molar-refractivity contribution in [1.29, 1.82) is 0 Å². The van der Waals surface area contributed by atoms with E-state index >= 15 is 0 Å². The number of rotatable bonds is 4. The lowest BCUT2D eigenvalue weighted by Gasteiger charge is -2.24. The van der Waals surface area contributed by atoms with Gasteiger partial charge in [0.2, 0.25) is 0 Å². The number of hydrogen-bond donors (Lipinski definition) is 0. The van der Waals surface area contributed by atoms with Crippen LogP contribution in [0.1, 0.15) is 25.7 Å².